The molecule has 6 nitrogen and oxygen atoms in total. The summed E-state index contributed by atoms with van der Waals surface area (Å²) >= 11 is 0. The molecule has 0 unspecified atom stereocenters. The molecule has 0 bridgehead atoms. The summed E-state index contributed by atoms with van der Waals surface area (Å²) in [5, 5.41) is 30.7. The van der Waals surface area contributed by atoms with Gasteiger partial charge in [0.15, 0.2) is 6.29 Å². The average Bonchev–Trinajstić information content (AvgIpc) is 2.14. The fraction of sp³-hybridized carbons (Fsp3) is 1.00. The fourth-order valence-electron chi connectivity index (χ4n) is 1.43. The second-order valence-corrected chi connectivity index (χ2v) is 3.44. The maximum Gasteiger partial charge on any atom is 0.183 e. The maximum absolute atomic E-state index is 9.33. The van der Waals surface area contributed by atoms with Crippen LogP contribution in [-0.4, -0.2) is 59.6 Å². The van der Waals surface area contributed by atoms with Crippen LogP contribution >= 0.6 is 0 Å². The Morgan fingerprint density at radius 3 is 2.64 bits per heavy atom. The predicted molar refractivity (Wildman–Crippen MR) is 49.4 cm³/mol. The topological polar surface area (TPSA) is 108 Å². The molecule has 0 aromatic carbocycles. The second kappa shape index (κ2) is 5.59. The van der Waals surface area contributed by atoms with Crippen LogP contribution in [-0.2, 0) is 4.74 Å². The SMILES string of the molecule is NCCNC[C@@H]1C[C@H](O)[C@@H](O)[C@@H](O)O1. The van der Waals surface area contributed by atoms with E-state index in [1.807, 2.05) is 0 Å². The lowest BCUT2D eigenvalue weighted by molar-refractivity contribution is -0.245. The first-order valence-electron chi connectivity index (χ1n) is 4.75. The van der Waals surface area contributed by atoms with Crippen LogP contribution in [0.1, 0.15) is 6.42 Å². The lowest BCUT2D eigenvalue weighted by Crippen LogP contribution is -2.50. The number of hydrogen-bond acceptors (Lipinski definition) is 6. The van der Waals surface area contributed by atoms with E-state index < -0.39 is 18.5 Å². The molecule has 6 heteroatoms. The molecule has 0 aliphatic carbocycles. The molecule has 1 aliphatic rings. The zero-order chi connectivity index (χ0) is 10.6. The van der Waals surface area contributed by atoms with Crippen molar-refractivity contribution in [3.8, 4) is 0 Å². The normalized spacial score (nSPS) is 38.6. The Kier molecular flexibility index (Phi) is 4.73. The van der Waals surface area contributed by atoms with Gasteiger partial charge in [-0.05, 0) is 0 Å². The Bertz CT molecular complexity index is 157. The minimum Gasteiger partial charge on any atom is -0.390 e. The summed E-state index contributed by atoms with van der Waals surface area (Å²) in [6.45, 7) is 1.70. The summed E-state index contributed by atoms with van der Waals surface area (Å²) in [7, 11) is 0. The minimum absolute atomic E-state index is 0.282. The van der Waals surface area contributed by atoms with Gasteiger partial charge in [-0.25, -0.2) is 0 Å². The van der Waals surface area contributed by atoms with Gasteiger partial charge in [-0.1, -0.05) is 0 Å². The van der Waals surface area contributed by atoms with Crippen LogP contribution in [0, 0.1) is 0 Å². The number of nitrogens with one attached hydrogen (secondary N) is 1. The number of nitrogens with two attached hydrogens (primary N) is 1. The molecular formula is C8H18N2O4. The van der Waals surface area contributed by atoms with E-state index in [1.165, 1.54) is 0 Å². The van der Waals surface area contributed by atoms with Crippen LogP contribution in [0.4, 0.5) is 0 Å². The Morgan fingerprint density at radius 2 is 2.07 bits per heavy atom. The van der Waals surface area contributed by atoms with Crippen molar-refractivity contribution in [1.29, 1.82) is 0 Å². The molecule has 0 radical (unpaired) electrons. The van der Waals surface area contributed by atoms with Crippen molar-refractivity contribution in [3.63, 3.8) is 0 Å². The van der Waals surface area contributed by atoms with E-state index in [9.17, 15) is 15.3 Å². The Morgan fingerprint density at radius 1 is 1.36 bits per heavy atom. The molecule has 0 aromatic heterocycles. The highest BCUT2D eigenvalue weighted by Gasteiger charge is 2.35. The van der Waals surface area contributed by atoms with Gasteiger partial charge in [0.25, 0.3) is 0 Å². The number of aliphatic hydroxyl groups is 3. The lowest BCUT2D eigenvalue weighted by Gasteiger charge is -2.34. The number of hydrogen-bond donors (Lipinski definition) is 5. The predicted octanol–water partition coefficient (Wildman–Crippen LogP) is -2.64. The first kappa shape index (κ1) is 11.8. The molecule has 0 spiro atoms. The van der Waals surface area contributed by atoms with E-state index in [2.05, 4.69) is 5.32 Å². The van der Waals surface area contributed by atoms with Gasteiger partial charge >= 0.3 is 0 Å². The standard InChI is InChI=1S/C8H18N2O4/c9-1-2-10-4-5-3-6(11)7(12)8(13)14-5/h5-8,10-13H,1-4,9H2/t5-,6-,7+,8-/m0/s1. The zero-order valence-electron chi connectivity index (χ0n) is 7.97. The van der Waals surface area contributed by atoms with Crippen molar-refractivity contribution in [2.24, 2.45) is 5.73 Å². The van der Waals surface area contributed by atoms with Crippen molar-refractivity contribution in [2.75, 3.05) is 19.6 Å². The van der Waals surface area contributed by atoms with Gasteiger partial charge in [-0.2, -0.15) is 0 Å². The molecule has 1 aliphatic heterocycles. The van der Waals surface area contributed by atoms with Gasteiger partial charge < -0.3 is 31.1 Å². The van der Waals surface area contributed by atoms with E-state index in [4.69, 9.17) is 10.5 Å². The Hall–Kier alpha value is -0.240. The fourth-order valence-corrected chi connectivity index (χ4v) is 1.43. The van der Waals surface area contributed by atoms with Crippen LogP contribution < -0.4 is 11.1 Å². The Balaban J connectivity index is 2.27. The van der Waals surface area contributed by atoms with E-state index >= 15 is 0 Å². The van der Waals surface area contributed by atoms with Gasteiger partial charge in [0.2, 0.25) is 0 Å². The number of rotatable bonds is 4. The van der Waals surface area contributed by atoms with E-state index in [0.717, 1.165) is 0 Å². The maximum atomic E-state index is 9.33. The number of ether oxygens (including phenoxy) is 1. The van der Waals surface area contributed by atoms with E-state index in [1.54, 1.807) is 0 Å². The molecule has 14 heavy (non-hydrogen) atoms. The summed E-state index contributed by atoms with van der Waals surface area (Å²) < 4.78 is 5.06. The Labute approximate surface area is 82.7 Å². The summed E-state index contributed by atoms with van der Waals surface area (Å²) in [5.74, 6) is 0. The highest BCUT2D eigenvalue weighted by molar-refractivity contribution is 4.81. The van der Waals surface area contributed by atoms with Crippen molar-refractivity contribution < 1.29 is 20.1 Å². The van der Waals surface area contributed by atoms with Crippen LogP contribution in [0.25, 0.3) is 0 Å². The molecule has 6 N–H and O–H groups in total. The minimum atomic E-state index is -1.30. The second-order valence-electron chi connectivity index (χ2n) is 3.44. The summed E-state index contributed by atoms with van der Waals surface area (Å²) in [6, 6.07) is 0. The van der Waals surface area contributed by atoms with Crippen molar-refractivity contribution in [1.82, 2.24) is 5.32 Å². The third-order valence-corrected chi connectivity index (χ3v) is 2.22. The van der Waals surface area contributed by atoms with Gasteiger partial charge in [-0.3, -0.25) is 0 Å². The zero-order valence-corrected chi connectivity index (χ0v) is 7.97. The first-order valence-corrected chi connectivity index (χ1v) is 4.75. The molecule has 1 saturated heterocycles. The van der Waals surface area contributed by atoms with Gasteiger partial charge in [0.05, 0.1) is 12.2 Å². The van der Waals surface area contributed by atoms with Crippen LogP contribution in [0.2, 0.25) is 0 Å². The van der Waals surface area contributed by atoms with E-state index in [-0.39, 0.29) is 6.10 Å². The van der Waals surface area contributed by atoms with Gasteiger partial charge in [0, 0.05) is 26.1 Å². The van der Waals surface area contributed by atoms with Gasteiger partial charge in [-0.15, -0.1) is 0 Å². The van der Waals surface area contributed by atoms with E-state index in [0.29, 0.717) is 26.1 Å². The number of aliphatic hydroxyl groups excluding tert-OH is 3. The molecule has 1 fully saturated rings. The molecule has 0 aromatic rings. The lowest BCUT2D eigenvalue weighted by atomic mass is 10.0. The summed E-state index contributed by atoms with van der Waals surface area (Å²) in [4.78, 5) is 0. The van der Waals surface area contributed by atoms with Crippen molar-refractivity contribution >= 4 is 0 Å². The quantitative estimate of drug-likeness (QED) is 0.322. The van der Waals surface area contributed by atoms with Crippen molar-refractivity contribution in [2.45, 2.75) is 31.0 Å². The third kappa shape index (κ3) is 3.16. The smallest absolute Gasteiger partial charge is 0.183 e. The van der Waals surface area contributed by atoms with Gasteiger partial charge in [0.1, 0.15) is 6.10 Å². The molecule has 84 valence electrons. The molecule has 0 saturated carbocycles. The summed E-state index contributed by atoms with van der Waals surface area (Å²) in [6.07, 6.45) is -3.40. The average molecular weight is 206 g/mol. The molecular weight excluding hydrogens is 188 g/mol. The molecule has 0 amide bonds. The highest BCUT2D eigenvalue weighted by Crippen LogP contribution is 2.18. The summed E-state index contributed by atoms with van der Waals surface area (Å²) in [5.41, 5.74) is 5.28. The molecule has 4 atom stereocenters. The first-order chi connectivity index (χ1) is 6.65. The third-order valence-electron chi connectivity index (χ3n) is 2.22. The monoisotopic (exact) mass is 206 g/mol. The van der Waals surface area contributed by atoms with Crippen LogP contribution in [0.3, 0.4) is 0 Å². The van der Waals surface area contributed by atoms with Crippen molar-refractivity contribution in [3.05, 3.63) is 0 Å². The highest BCUT2D eigenvalue weighted by atomic mass is 16.6. The largest absolute Gasteiger partial charge is 0.390 e. The molecule has 1 heterocycles. The van der Waals surface area contributed by atoms with Crippen LogP contribution in [0.5, 0.6) is 0 Å². The van der Waals surface area contributed by atoms with Crippen LogP contribution in [0.15, 0.2) is 0 Å². The molecule has 1 rings (SSSR count).